The molecule has 1 N–H and O–H groups in total. The Labute approximate surface area is 94.1 Å². The topological polar surface area (TPSA) is 37.3 Å². The highest BCUT2D eigenvalue weighted by Gasteiger charge is 2.55. The summed E-state index contributed by atoms with van der Waals surface area (Å²) in [6.45, 7) is 4.11. The summed E-state index contributed by atoms with van der Waals surface area (Å²) in [5, 5.41) is 9.34. The number of rotatable bonds is 2. The fourth-order valence-corrected chi connectivity index (χ4v) is 2.83. The first-order chi connectivity index (χ1) is 7.36. The highest BCUT2D eigenvalue weighted by molar-refractivity contribution is 5.83. The molecule has 0 aromatic heterocycles. The average Bonchev–Trinajstić information content (AvgIpc) is 2.14. The van der Waals surface area contributed by atoms with Gasteiger partial charge in [0.05, 0.1) is 5.41 Å². The zero-order chi connectivity index (χ0) is 12.0. The van der Waals surface area contributed by atoms with Crippen LogP contribution in [0.1, 0.15) is 32.3 Å². The van der Waals surface area contributed by atoms with Crippen molar-refractivity contribution in [3.8, 4) is 0 Å². The van der Waals surface area contributed by atoms with E-state index in [0.29, 0.717) is 18.4 Å². The van der Waals surface area contributed by atoms with Crippen molar-refractivity contribution in [1.82, 2.24) is 0 Å². The Balaban J connectivity index is 2.36. The van der Waals surface area contributed by atoms with Gasteiger partial charge >= 0.3 is 5.97 Å². The van der Waals surface area contributed by atoms with Crippen LogP contribution in [0, 0.1) is 11.2 Å². The van der Waals surface area contributed by atoms with E-state index < -0.39 is 11.4 Å². The van der Waals surface area contributed by atoms with E-state index in [2.05, 4.69) is 13.8 Å². The highest BCUT2D eigenvalue weighted by Crippen LogP contribution is 2.55. The van der Waals surface area contributed by atoms with Gasteiger partial charge in [-0.2, -0.15) is 0 Å². The van der Waals surface area contributed by atoms with Crippen LogP contribution in [0.5, 0.6) is 0 Å². The van der Waals surface area contributed by atoms with Crippen molar-refractivity contribution in [1.29, 1.82) is 0 Å². The lowest BCUT2D eigenvalue weighted by Gasteiger charge is -2.50. The van der Waals surface area contributed by atoms with Crippen LogP contribution in [-0.4, -0.2) is 11.1 Å². The van der Waals surface area contributed by atoms with Crippen molar-refractivity contribution >= 4 is 5.97 Å². The minimum Gasteiger partial charge on any atom is -0.481 e. The quantitative estimate of drug-likeness (QED) is 0.835. The largest absolute Gasteiger partial charge is 0.481 e. The van der Waals surface area contributed by atoms with Crippen LogP contribution < -0.4 is 0 Å². The van der Waals surface area contributed by atoms with E-state index in [9.17, 15) is 14.3 Å². The number of aliphatic carboxylic acids is 1. The molecule has 1 saturated carbocycles. The number of carbonyl (C=O) groups is 1. The van der Waals surface area contributed by atoms with Gasteiger partial charge in [-0.3, -0.25) is 4.79 Å². The van der Waals surface area contributed by atoms with Gasteiger partial charge in [0.15, 0.2) is 0 Å². The van der Waals surface area contributed by atoms with Gasteiger partial charge < -0.3 is 5.11 Å². The molecule has 1 aromatic rings. The van der Waals surface area contributed by atoms with Gasteiger partial charge in [0.1, 0.15) is 5.82 Å². The zero-order valence-corrected chi connectivity index (χ0v) is 9.46. The van der Waals surface area contributed by atoms with Crippen molar-refractivity contribution in [2.24, 2.45) is 5.41 Å². The molecule has 0 atom stereocenters. The van der Waals surface area contributed by atoms with E-state index in [1.807, 2.05) is 0 Å². The number of hydrogen-bond acceptors (Lipinski definition) is 1. The lowest BCUT2D eigenvalue weighted by Crippen LogP contribution is -2.52. The predicted octanol–water partition coefficient (Wildman–Crippen LogP) is 2.97. The second kappa shape index (κ2) is 3.30. The second-order valence-corrected chi connectivity index (χ2v) is 5.41. The van der Waals surface area contributed by atoms with Gasteiger partial charge in [0.2, 0.25) is 0 Å². The van der Waals surface area contributed by atoms with E-state index >= 15 is 0 Å². The van der Waals surface area contributed by atoms with E-state index in [1.54, 1.807) is 12.1 Å². The lowest BCUT2D eigenvalue weighted by molar-refractivity contribution is -0.153. The number of hydrogen-bond donors (Lipinski definition) is 1. The van der Waals surface area contributed by atoms with Gasteiger partial charge in [0.25, 0.3) is 0 Å². The minimum absolute atomic E-state index is 0.0623. The van der Waals surface area contributed by atoms with Crippen LogP contribution >= 0.6 is 0 Å². The Bertz CT molecular complexity index is 412. The SMILES string of the molecule is CC1(C)CC(C(=O)O)(c2ccc(F)cc2)C1. The lowest BCUT2D eigenvalue weighted by atomic mass is 9.52. The first kappa shape index (κ1) is 11.1. The molecule has 0 spiro atoms. The summed E-state index contributed by atoms with van der Waals surface area (Å²) in [7, 11) is 0. The summed E-state index contributed by atoms with van der Waals surface area (Å²) in [5.41, 5.74) is -0.0371. The first-order valence-electron chi connectivity index (χ1n) is 5.35. The molecule has 0 aliphatic heterocycles. The summed E-state index contributed by atoms with van der Waals surface area (Å²) < 4.78 is 12.8. The molecule has 16 heavy (non-hydrogen) atoms. The Kier molecular flexibility index (Phi) is 2.30. The number of carboxylic acid groups (broad SMARTS) is 1. The summed E-state index contributed by atoms with van der Waals surface area (Å²) in [5.74, 6) is -1.14. The molecule has 1 aliphatic carbocycles. The van der Waals surface area contributed by atoms with Crippen LogP contribution in [0.2, 0.25) is 0 Å². The van der Waals surface area contributed by atoms with Crippen LogP contribution in [0.25, 0.3) is 0 Å². The van der Waals surface area contributed by atoms with E-state index in [0.717, 1.165) is 0 Å². The summed E-state index contributed by atoms with van der Waals surface area (Å²) in [4.78, 5) is 11.4. The normalized spacial score (nSPS) is 21.2. The van der Waals surface area contributed by atoms with E-state index in [1.165, 1.54) is 12.1 Å². The van der Waals surface area contributed by atoms with Crippen LogP contribution in [-0.2, 0) is 10.2 Å². The molecule has 2 rings (SSSR count). The van der Waals surface area contributed by atoms with Crippen LogP contribution in [0.15, 0.2) is 24.3 Å². The second-order valence-electron chi connectivity index (χ2n) is 5.41. The van der Waals surface area contributed by atoms with Gasteiger partial charge in [-0.1, -0.05) is 26.0 Å². The van der Waals surface area contributed by atoms with Crippen molar-refractivity contribution in [2.45, 2.75) is 32.1 Å². The van der Waals surface area contributed by atoms with Gasteiger partial charge in [-0.05, 0) is 36.0 Å². The fraction of sp³-hybridized carbons (Fsp3) is 0.462. The molecule has 0 radical (unpaired) electrons. The Morgan fingerprint density at radius 3 is 2.12 bits per heavy atom. The molecule has 1 fully saturated rings. The summed E-state index contributed by atoms with van der Waals surface area (Å²) in [6, 6.07) is 5.81. The Morgan fingerprint density at radius 2 is 1.75 bits per heavy atom. The number of carboxylic acids is 1. The molecule has 2 nitrogen and oxygen atoms in total. The predicted molar refractivity (Wildman–Crippen MR) is 58.7 cm³/mol. The average molecular weight is 222 g/mol. The minimum atomic E-state index is -0.808. The molecule has 0 saturated heterocycles. The van der Waals surface area contributed by atoms with E-state index in [-0.39, 0.29) is 11.2 Å². The number of halogens is 1. The summed E-state index contributed by atoms with van der Waals surface area (Å²) in [6.07, 6.45) is 1.22. The van der Waals surface area contributed by atoms with Crippen molar-refractivity contribution in [3.05, 3.63) is 35.6 Å². The van der Waals surface area contributed by atoms with Gasteiger partial charge in [-0.15, -0.1) is 0 Å². The molecule has 86 valence electrons. The van der Waals surface area contributed by atoms with Crippen molar-refractivity contribution < 1.29 is 14.3 Å². The highest BCUT2D eigenvalue weighted by atomic mass is 19.1. The smallest absolute Gasteiger partial charge is 0.314 e. The fourth-order valence-electron chi connectivity index (χ4n) is 2.83. The molecule has 3 heteroatoms. The van der Waals surface area contributed by atoms with E-state index in [4.69, 9.17) is 0 Å². The van der Waals surface area contributed by atoms with Gasteiger partial charge in [-0.25, -0.2) is 4.39 Å². The maximum absolute atomic E-state index is 12.8. The molecule has 0 bridgehead atoms. The molecular weight excluding hydrogens is 207 g/mol. The van der Waals surface area contributed by atoms with Gasteiger partial charge in [0, 0.05) is 0 Å². The third-order valence-corrected chi connectivity index (χ3v) is 3.37. The van der Waals surface area contributed by atoms with Crippen molar-refractivity contribution in [2.75, 3.05) is 0 Å². The maximum atomic E-state index is 12.8. The maximum Gasteiger partial charge on any atom is 0.314 e. The third-order valence-electron chi connectivity index (χ3n) is 3.37. The number of benzene rings is 1. The molecule has 1 aromatic carbocycles. The standard InChI is InChI=1S/C13H15FO2/c1-12(2)7-13(8-12,11(15)16)9-3-5-10(14)6-4-9/h3-6H,7-8H2,1-2H3,(H,15,16). The molecular formula is C13H15FO2. The monoisotopic (exact) mass is 222 g/mol. The Morgan fingerprint density at radius 1 is 1.25 bits per heavy atom. The van der Waals surface area contributed by atoms with Crippen LogP contribution in [0.4, 0.5) is 4.39 Å². The van der Waals surface area contributed by atoms with Crippen molar-refractivity contribution in [3.63, 3.8) is 0 Å². The third kappa shape index (κ3) is 1.60. The molecule has 0 heterocycles. The first-order valence-corrected chi connectivity index (χ1v) is 5.35. The zero-order valence-electron chi connectivity index (χ0n) is 9.46. The van der Waals surface area contributed by atoms with Crippen LogP contribution in [0.3, 0.4) is 0 Å². The Hall–Kier alpha value is -1.38. The molecule has 0 unspecified atom stereocenters. The molecule has 0 amide bonds. The molecule has 1 aliphatic rings. The summed E-state index contributed by atoms with van der Waals surface area (Å²) >= 11 is 0.